The van der Waals surface area contributed by atoms with Crippen molar-refractivity contribution in [3.05, 3.63) is 58.5 Å². The molecule has 0 N–H and O–H groups in total. The van der Waals surface area contributed by atoms with Gasteiger partial charge in [0.25, 0.3) is 5.56 Å². The van der Waals surface area contributed by atoms with E-state index in [-0.39, 0.29) is 5.56 Å². The molecule has 0 radical (unpaired) electrons. The van der Waals surface area contributed by atoms with Gasteiger partial charge in [0.05, 0.1) is 0 Å². The molecule has 0 atom stereocenters. The Kier molecular flexibility index (Phi) is 6.60. The molecule has 0 unspecified atom stereocenters. The molecule has 0 fully saturated rings. The van der Waals surface area contributed by atoms with Crippen molar-refractivity contribution in [1.82, 2.24) is 4.57 Å². The maximum Gasteiger partial charge on any atom is 0.264 e. The summed E-state index contributed by atoms with van der Waals surface area (Å²) in [5, 5.41) is 1.67. The molecule has 1 aromatic heterocycles. The quantitative estimate of drug-likeness (QED) is 0.599. The van der Waals surface area contributed by atoms with Crippen LogP contribution in [0.25, 0.3) is 10.8 Å². The van der Waals surface area contributed by atoms with Crippen LogP contribution in [0.3, 0.4) is 0 Å². The Bertz CT molecular complexity index is 708. The first kappa shape index (κ1) is 16.9. The van der Waals surface area contributed by atoms with Crippen LogP contribution >= 0.6 is 0 Å². The highest BCUT2D eigenvalue weighted by atomic mass is 16.1. The van der Waals surface area contributed by atoms with E-state index in [4.69, 9.17) is 0 Å². The molecule has 0 saturated carbocycles. The van der Waals surface area contributed by atoms with Crippen molar-refractivity contribution in [3.8, 4) is 0 Å². The molecule has 0 aliphatic carbocycles. The number of aliphatic imine (C=N–C) groups is 1. The first-order valence-electron chi connectivity index (χ1n) is 7.42. The number of benzene rings is 1. The summed E-state index contributed by atoms with van der Waals surface area (Å²) in [7, 11) is 1.70. The highest BCUT2D eigenvalue weighted by molar-refractivity contribution is 5.96. The van der Waals surface area contributed by atoms with Gasteiger partial charge in [-0.25, -0.2) is 0 Å². The van der Waals surface area contributed by atoms with Crippen molar-refractivity contribution in [2.45, 2.75) is 34.1 Å². The van der Waals surface area contributed by atoms with Crippen molar-refractivity contribution < 1.29 is 0 Å². The number of hydrogen-bond donors (Lipinski definition) is 0. The Labute approximate surface area is 126 Å². The summed E-state index contributed by atoms with van der Waals surface area (Å²) in [6.45, 7) is 8.12. The van der Waals surface area contributed by atoms with Gasteiger partial charge in [-0.1, -0.05) is 44.5 Å². The number of aromatic nitrogens is 1. The Balaban J connectivity index is 0.00000106. The predicted octanol–water partition coefficient (Wildman–Crippen LogP) is 4.26. The van der Waals surface area contributed by atoms with Crippen LogP contribution in [0.5, 0.6) is 0 Å². The third-order valence-electron chi connectivity index (χ3n) is 3.22. The summed E-state index contributed by atoms with van der Waals surface area (Å²) in [5.41, 5.74) is 1.17. The fourth-order valence-electron chi connectivity index (χ4n) is 1.93. The van der Waals surface area contributed by atoms with Crippen LogP contribution in [0.4, 0.5) is 0 Å². The zero-order chi connectivity index (χ0) is 15.8. The van der Waals surface area contributed by atoms with Gasteiger partial charge in [0.15, 0.2) is 0 Å². The van der Waals surface area contributed by atoms with E-state index in [0.717, 1.165) is 11.8 Å². The van der Waals surface area contributed by atoms with Crippen molar-refractivity contribution in [2.75, 3.05) is 7.05 Å². The fourth-order valence-corrected chi connectivity index (χ4v) is 1.93. The molecule has 21 heavy (non-hydrogen) atoms. The van der Waals surface area contributed by atoms with E-state index < -0.39 is 0 Å². The molecule has 2 rings (SSSR count). The summed E-state index contributed by atoms with van der Waals surface area (Å²) in [6, 6.07) is 9.54. The lowest BCUT2D eigenvalue weighted by atomic mass is 10.1. The van der Waals surface area contributed by atoms with E-state index in [0.29, 0.717) is 11.2 Å². The average molecular weight is 284 g/mol. The van der Waals surface area contributed by atoms with E-state index in [1.165, 1.54) is 5.57 Å². The van der Waals surface area contributed by atoms with Crippen LogP contribution in [-0.4, -0.2) is 17.5 Å². The zero-order valence-electron chi connectivity index (χ0n) is 13.6. The van der Waals surface area contributed by atoms with Gasteiger partial charge in [-0.15, -0.1) is 0 Å². The number of hydrogen-bond acceptors (Lipinski definition) is 2. The Morgan fingerprint density at radius 3 is 2.52 bits per heavy atom. The molecule has 0 aliphatic heterocycles. The topological polar surface area (TPSA) is 34.4 Å². The van der Waals surface area contributed by atoms with Crippen LogP contribution in [0.15, 0.2) is 58.0 Å². The summed E-state index contributed by atoms with van der Waals surface area (Å²) < 4.78 is 1.60. The Morgan fingerprint density at radius 1 is 1.24 bits per heavy atom. The van der Waals surface area contributed by atoms with Gasteiger partial charge in [0.1, 0.15) is 5.84 Å². The summed E-state index contributed by atoms with van der Waals surface area (Å²) in [5.74, 6) is 0.676. The zero-order valence-corrected chi connectivity index (χ0v) is 13.6. The minimum absolute atomic E-state index is 0.0288. The molecule has 0 spiro atoms. The van der Waals surface area contributed by atoms with Gasteiger partial charge < -0.3 is 0 Å². The maximum absolute atomic E-state index is 12.5. The number of allylic oxidation sites excluding steroid dienone is 2. The summed E-state index contributed by atoms with van der Waals surface area (Å²) in [6.07, 6.45) is 4.68. The summed E-state index contributed by atoms with van der Waals surface area (Å²) >= 11 is 0. The molecule has 0 aliphatic rings. The van der Waals surface area contributed by atoms with Gasteiger partial charge in [0, 0.05) is 18.6 Å². The van der Waals surface area contributed by atoms with Crippen molar-refractivity contribution >= 4 is 16.6 Å². The van der Waals surface area contributed by atoms with E-state index in [1.807, 2.05) is 57.2 Å². The van der Waals surface area contributed by atoms with Gasteiger partial charge in [-0.3, -0.25) is 14.4 Å². The predicted molar refractivity (Wildman–Crippen MR) is 92.4 cm³/mol. The highest BCUT2D eigenvalue weighted by Crippen LogP contribution is 2.08. The highest BCUT2D eigenvalue weighted by Gasteiger charge is 2.05. The maximum atomic E-state index is 12.5. The molecular weight excluding hydrogens is 260 g/mol. The van der Waals surface area contributed by atoms with Gasteiger partial charge in [-0.05, 0) is 36.9 Å². The molecule has 0 bridgehead atoms. The second kappa shape index (κ2) is 8.20. The third kappa shape index (κ3) is 3.91. The smallest absolute Gasteiger partial charge is 0.264 e. The standard InChI is InChI=1S/C16H18N2O.C2H6/c1-4-12(2)11-15(17-3)18-10-9-13-7-5-6-8-14(13)16(18)19;1-2/h5-11H,4H2,1-3H3;1-2H3/b12-11-,17-15?;. The van der Waals surface area contributed by atoms with Gasteiger partial charge >= 0.3 is 0 Å². The molecule has 0 saturated heterocycles. The van der Waals surface area contributed by atoms with E-state index in [1.54, 1.807) is 17.8 Å². The Hall–Kier alpha value is -2.16. The molecule has 3 heteroatoms. The van der Waals surface area contributed by atoms with Crippen LogP contribution in [-0.2, 0) is 0 Å². The van der Waals surface area contributed by atoms with Crippen LogP contribution in [0, 0.1) is 0 Å². The molecule has 1 heterocycles. The second-order valence-electron chi connectivity index (χ2n) is 4.50. The molecular formula is C18H24N2O. The van der Waals surface area contributed by atoms with Crippen molar-refractivity contribution in [2.24, 2.45) is 4.99 Å². The minimum Gasteiger partial charge on any atom is -0.271 e. The molecule has 2 aromatic rings. The normalized spacial score (nSPS) is 12.0. The first-order chi connectivity index (χ1) is 10.2. The lowest BCUT2D eigenvalue weighted by Gasteiger charge is -2.07. The average Bonchev–Trinajstić information content (AvgIpc) is 2.55. The lowest BCUT2D eigenvalue weighted by molar-refractivity contribution is 1.05. The molecule has 112 valence electrons. The monoisotopic (exact) mass is 284 g/mol. The SMILES string of the molecule is CC.CC/C(C)=C\C(=NC)n1ccc2ccccc2c1=O. The van der Waals surface area contributed by atoms with E-state index in [2.05, 4.69) is 11.9 Å². The lowest BCUT2D eigenvalue weighted by Crippen LogP contribution is -2.25. The minimum atomic E-state index is -0.0288. The number of fused-ring (bicyclic) bond motifs is 1. The van der Waals surface area contributed by atoms with Gasteiger partial charge in [0.2, 0.25) is 0 Å². The van der Waals surface area contributed by atoms with Crippen LogP contribution in [0.1, 0.15) is 34.1 Å². The second-order valence-corrected chi connectivity index (χ2v) is 4.50. The van der Waals surface area contributed by atoms with Gasteiger partial charge in [-0.2, -0.15) is 0 Å². The largest absolute Gasteiger partial charge is 0.271 e. The fraction of sp³-hybridized carbons (Fsp3) is 0.333. The van der Waals surface area contributed by atoms with Crippen LogP contribution in [0.2, 0.25) is 0 Å². The number of nitrogens with zero attached hydrogens (tertiary/aromatic N) is 2. The van der Waals surface area contributed by atoms with E-state index >= 15 is 0 Å². The summed E-state index contributed by atoms with van der Waals surface area (Å²) in [4.78, 5) is 16.7. The number of pyridine rings is 1. The van der Waals surface area contributed by atoms with Crippen molar-refractivity contribution in [3.63, 3.8) is 0 Å². The third-order valence-corrected chi connectivity index (χ3v) is 3.22. The molecule has 0 amide bonds. The first-order valence-corrected chi connectivity index (χ1v) is 7.42. The molecule has 3 nitrogen and oxygen atoms in total. The number of rotatable bonds is 2. The van der Waals surface area contributed by atoms with E-state index in [9.17, 15) is 4.79 Å². The van der Waals surface area contributed by atoms with Crippen molar-refractivity contribution in [1.29, 1.82) is 0 Å². The van der Waals surface area contributed by atoms with Crippen LogP contribution < -0.4 is 5.56 Å². The molecule has 1 aromatic carbocycles. The Morgan fingerprint density at radius 2 is 1.90 bits per heavy atom.